The highest BCUT2D eigenvalue weighted by atomic mass is 15.1. The molecule has 0 saturated carbocycles. The van der Waals surface area contributed by atoms with Crippen molar-refractivity contribution in [3.05, 3.63) is 35.4 Å². The van der Waals surface area contributed by atoms with E-state index in [0.29, 0.717) is 12.0 Å². The first kappa shape index (κ1) is 16.2. The van der Waals surface area contributed by atoms with Gasteiger partial charge in [0.2, 0.25) is 0 Å². The normalized spacial score (nSPS) is 14.2. The van der Waals surface area contributed by atoms with E-state index in [0.717, 1.165) is 12.8 Å². The molecule has 0 saturated heterocycles. The van der Waals surface area contributed by atoms with Gasteiger partial charge in [-0.1, -0.05) is 38.1 Å². The Kier molecular flexibility index (Phi) is 5.57. The number of hydrogen-bond donors (Lipinski definition) is 1. The summed E-state index contributed by atoms with van der Waals surface area (Å²) in [5.74, 6) is 0.592. The van der Waals surface area contributed by atoms with Crippen LogP contribution in [0, 0.1) is 0 Å². The van der Waals surface area contributed by atoms with E-state index in [1.807, 2.05) is 0 Å². The van der Waals surface area contributed by atoms with E-state index in [1.165, 1.54) is 11.1 Å². The van der Waals surface area contributed by atoms with Crippen molar-refractivity contribution in [3.63, 3.8) is 0 Å². The molecule has 2 N–H and O–H groups in total. The van der Waals surface area contributed by atoms with Gasteiger partial charge >= 0.3 is 0 Å². The molecule has 1 unspecified atom stereocenters. The van der Waals surface area contributed by atoms with Gasteiger partial charge in [0.25, 0.3) is 0 Å². The van der Waals surface area contributed by atoms with Crippen molar-refractivity contribution in [2.75, 3.05) is 14.1 Å². The SMILES string of the molecule is CC(C)c1ccc(C(CCC(C)(C)N)N(C)C)cc1. The van der Waals surface area contributed by atoms with Gasteiger partial charge in [0.15, 0.2) is 0 Å². The molecule has 2 heteroatoms. The molecule has 0 fully saturated rings. The topological polar surface area (TPSA) is 29.3 Å². The minimum atomic E-state index is -0.0911. The Bertz CT molecular complexity index is 371. The summed E-state index contributed by atoms with van der Waals surface area (Å²) in [5.41, 5.74) is 8.81. The molecule has 0 radical (unpaired) electrons. The van der Waals surface area contributed by atoms with Crippen LogP contribution in [0.5, 0.6) is 0 Å². The van der Waals surface area contributed by atoms with E-state index in [9.17, 15) is 0 Å². The third kappa shape index (κ3) is 5.33. The van der Waals surface area contributed by atoms with Crippen molar-refractivity contribution >= 4 is 0 Å². The third-order valence-electron chi connectivity index (χ3n) is 3.67. The van der Waals surface area contributed by atoms with E-state index in [-0.39, 0.29) is 5.54 Å². The largest absolute Gasteiger partial charge is 0.326 e. The lowest BCUT2D eigenvalue weighted by molar-refractivity contribution is 0.261. The van der Waals surface area contributed by atoms with Crippen LogP contribution in [0.25, 0.3) is 0 Å². The predicted octanol–water partition coefficient (Wildman–Crippen LogP) is 3.93. The minimum absolute atomic E-state index is 0.0911. The van der Waals surface area contributed by atoms with Gasteiger partial charge in [0, 0.05) is 11.6 Å². The molecule has 0 bridgehead atoms. The zero-order valence-electron chi connectivity index (χ0n) is 13.4. The molecule has 0 aliphatic carbocycles. The summed E-state index contributed by atoms with van der Waals surface area (Å²) in [6.45, 7) is 8.66. The van der Waals surface area contributed by atoms with Crippen LogP contribution < -0.4 is 5.73 Å². The van der Waals surface area contributed by atoms with Gasteiger partial charge in [-0.15, -0.1) is 0 Å². The highest BCUT2D eigenvalue weighted by Crippen LogP contribution is 2.27. The summed E-state index contributed by atoms with van der Waals surface area (Å²) in [6.07, 6.45) is 2.12. The lowest BCUT2D eigenvalue weighted by Gasteiger charge is -2.28. The molecule has 2 nitrogen and oxygen atoms in total. The smallest absolute Gasteiger partial charge is 0.0342 e. The van der Waals surface area contributed by atoms with Crippen LogP contribution >= 0.6 is 0 Å². The molecule has 0 amide bonds. The number of rotatable bonds is 6. The number of nitrogens with zero attached hydrogens (tertiary/aromatic N) is 1. The Balaban J connectivity index is 2.81. The summed E-state index contributed by atoms with van der Waals surface area (Å²) < 4.78 is 0. The third-order valence-corrected chi connectivity index (χ3v) is 3.67. The molecule has 0 spiro atoms. The van der Waals surface area contributed by atoms with Crippen molar-refractivity contribution in [1.29, 1.82) is 0 Å². The Morgan fingerprint density at radius 3 is 1.89 bits per heavy atom. The maximum Gasteiger partial charge on any atom is 0.0342 e. The number of hydrogen-bond acceptors (Lipinski definition) is 2. The maximum atomic E-state index is 6.11. The molecule has 0 aromatic heterocycles. The van der Waals surface area contributed by atoms with Gasteiger partial charge in [-0.2, -0.15) is 0 Å². The number of benzene rings is 1. The predicted molar refractivity (Wildman–Crippen MR) is 84.5 cm³/mol. The molecule has 0 aliphatic heterocycles. The van der Waals surface area contributed by atoms with Crippen molar-refractivity contribution in [3.8, 4) is 0 Å². The number of nitrogens with two attached hydrogens (primary N) is 1. The van der Waals surface area contributed by atoms with Gasteiger partial charge in [-0.05, 0) is 57.8 Å². The summed E-state index contributed by atoms with van der Waals surface area (Å²) in [4.78, 5) is 2.29. The molecule has 1 aromatic rings. The monoisotopic (exact) mass is 262 g/mol. The van der Waals surface area contributed by atoms with Crippen molar-refractivity contribution < 1.29 is 0 Å². The first-order valence-electron chi connectivity index (χ1n) is 7.26. The van der Waals surface area contributed by atoms with Gasteiger partial charge in [0.1, 0.15) is 0 Å². The van der Waals surface area contributed by atoms with Crippen LogP contribution in [0.2, 0.25) is 0 Å². The van der Waals surface area contributed by atoms with Gasteiger partial charge in [-0.3, -0.25) is 0 Å². The average Bonchev–Trinajstić information content (AvgIpc) is 2.27. The quantitative estimate of drug-likeness (QED) is 0.841. The molecule has 1 rings (SSSR count). The van der Waals surface area contributed by atoms with Crippen LogP contribution in [0.15, 0.2) is 24.3 Å². The van der Waals surface area contributed by atoms with E-state index in [1.54, 1.807) is 0 Å². The molecule has 1 aromatic carbocycles. The van der Waals surface area contributed by atoms with Crippen LogP contribution in [-0.4, -0.2) is 24.5 Å². The van der Waals surface area contributed by atoms with Gasteiger partial charge < -0.3 is 10.6 Å². The standard InChI is InChI=1S/C17H30N2/c1-13(2)14-7-9-15(10-8-14)16(19(5)6)11-12-17(3,4)18/h7-10,13,16H,11-12,18H2,1-6H3. The highest BCUT2D eigenvalue weighted by molar-refractivity contribution is 5.27. The fourth-order valence-electron chi connectivity index (χ4n) is 2.33. The minimum Gasteiger partial charge on any atom is -0.326 e. The first-order valence-corrected chi connectivity index (χ1v) is 7.26. The van der Waals surface area contributed by atoms with E-state index in [2.05, 4.69) is 71.0 Å². The Morgan fingerprint density at radius 1 is 1.05 bits per heavy atom. The summed E-state index contributed by atoms with van der Waals surface area (Å²) in [7, 11) is 4.29. The molecule has 0 heterocycles. The Labute approximate surface area is 119 Å². The maximum absolute atomic E-state index is 6.11. The summed E-state index contributed by atoms with van der Waals surface area (Å²) >= 11 is 0. The zero-order chi connectivity index (χ0) is 14.6. The molecule has 19 heavy (non-hydrogen) atoms. The highest BCUT2D eigenvalue weighted by Gasteiger charge is 2.18. The summed E-state index contributed by atoms with van der Waals surface area (Å²) in [6, 6.07) is 9.49. The lowest BCUT2D eigenvalue weighted by atomic mass is 9.91. The van der Waals surface area contributed by atoms with Crippen LogP contribution in [0.1, 0.15) is 63.6 Å². The van der Waals surface area contributed by atoms with Gasteiger partial charge in [-0.25, -0.2) is 0 Å². The van der Waals surface area contributed by atoms with E-state index in [4.69, 9.17) is 5.73 Å². The second kappa shape index (κ2) is 6.53. The van der Waals surface area contributed by atoms with Crippen molar-refractivity contribution in [1.82, 2.24) is 4.90 Å². The zero-order valence-corrected chi connectivity index (χ0v) is 13.4. The second-order valence-electron chi connectivity index (χ2n) is 6.83. The first-order chi connectivity index (χ1) is 8.70. The van der Waals surface area contributed by atoms with Crippen LogP contribution in [0.4, 0.5) is 0 Å². The van der Waals surface area contributed by atoms with Crippen LogP contribution in [0.3, 0.4) is 0 Å². The van der Waals surface area contributed by atoms with Gasteiger partial charge in [0.05, 0.1) is 0 Å². The van der Waals surface area contributed by atoms with Crippen LogP contribution in [-0.2, 0) is 0 Å². The van der Waals surface area contributed by atoms with E-state index < -0.39 is 0 Å². The van der Waals surface area contributed by atoms with E-state index >= 15 is 0 Å². The molecule has 0 aliphatic rings. The molecular formula is C17H30N2. The fourth-order valence-corrected chi connectivity index (χ4v) is 2.33. The average molecular weight is 262 g/mol. The molecule has 1 atom stereocenters. The lowest BCUT2D eigenvalue weighted by Crippen LogP contribution is -2.33. The fraction of sp³-hybridized carbons (Fsp3) is 0.647. The van der Waals surface area contributed by atoms with Crippen molar-refractivity contribution in [2.45, 2.75) is 58.0 Å². The summed E-state index contributed by atoms with van der Waals surface area (Å²) in [5, 5.41) is 0. The van der Waals surface area contributed by atoms with Crippen molar-refractivity contribution in [2.24, 2.45) is 5.73 Å². The Hall–Kier alpha value is -0.860. The Morgan fingerprint density at radius 2 is 1.53 bits per heavy atom. The second-order valence-corrected chi connectivity index (χ2v) is 6.83. The molecular weight excluding hydrogens is 232 g/mol. The molecule has 108 valence electrons.